The van der Waals surface area contributed by atoms with Crippen molar-refractivity contribution in [3.05, 3.63) is 10.6 Å². The van der Waals surface area contributed by atoms with Crippen molar-refractivity contribution in [2.24, 2.45) is 0 Å². The van der Waals surface area contributed by atoms with Crippen molar-refractivity contribution in [2.75, 3.05) is 5.32 Å². The molecule has 0 aliphatic rings. The lowest BCUT2D eigenvalue weighted by Gasteiger charge is -2.25. The smallest absolute Gasteiger partial charge is 0.347 e. The lowest BCUT2D eigenvalue weighted by atomic mass is 10.00. The number of aryl methyl sites for hydroxylation is 1. The Morgan fingerprint density at radius 1 is 1.56 bits per heavy atom. The van der Waals surface area contributed by atoms with Crippen LogP contribution in [0.2, 0.25) is 0 Å². The first-order valence-electron chi connectivity index (χ1n) is 5.34. The van der Waals surface area contributed by atoms with Crippen LogP contribution in [0.1, 0.15) is 49.0 Å². The van der Waals surface area contributed by atoms with Crippen LogP contribution in [0, 0.1) is 6.92 Å². The van der Waals surface area contributed by atoms with Gasteiger partial charge in [0, 0.05) is 5.54 Å². The number of carboxylic acid groups (broad SMARTS) is 1. The lowest BCUT2D eigenvalue weighted by molar-refractivity contribution is 0.0701. The monoisotopic (exact) mass is 242 g/mol. The van der Waals surface area contributed by atoms with E-state index >= 15 is 0 Å². The molecule has 2 N–H and O–H groups in total. The molecule has 0 unspecified atom stereocenters. The summed E-state index contributed by atoms with van der Waals surface area (Å²) in [6.45, 7) is 8.03. The van der Waals surface area contributed by atoms with Crippen molar-refractivity contribution < 1.29 is 9.90 Å². The molecule has 0 amide bonds. The van der Waals surface area contributed by atoms with Gasteiger partial charge in [0.1, 0.15) is 4.88 Å². The molecular formula is C11H18N2O2S. The van der Waals surface area contributed by atoms with Gasteiger partial charge in [-0.1, -0.05) is 24.7 Å². The van der Waals surface area contributed by atoms with E-state index in [0.717, 1.165) is 12.8 Å². The van der Waals surface area contributed by atoms with E-state index in [2.05, 4.69) is 31.1 Å². The molecule has 0 aliphatic carbocycles. The van der Waals surface area contributed by atoms with Crippen molar-refractivity contribution in [3.63, 3.8) is 0 Å². The van der Waals surface area contributed by atoms with Gasteiger partial charge in [-0.05, 0) is 27.2 Å². The molecule has 0 aromatic carbocycles. The zero-order chi connectivity index (χ0) is 12.3. The first kappa shape index (κ1) is 13.0. The fourth-order valence-corrected chi connectivity index (χ4v) is 2.61. The number of carbonyl (C=O) groups is 1. The SMILES string of the molecule is CCCC(C)(C)Nc1nc(C)c(C(=O)O)s1. The third-order valence-electron chi connectivity index (χ3n) is 2.31. The van der Waals surface area contributed by atoms with Crippen molar-refractivity contribution in [1.82, 2.24) is 4.98 Å². The molecule has 1 aromatic heterocycles. The van der Waals surface area contributed by atoms with E-state index in [1.807, 2.05) is 0 Å². The van der Waals surface area contributed by atoms with Gasteiger partial charge in [-0.15, -0.1) is 0 Å². The van der Waals surface area contributed by atoms with E-state index in [1.54, 1.807) is 6.92 Å². The third kappa shape index (κ3) is 3.20. The molecule has 4 nitrogen and oxygen atoms in total. The Bertz CT molecular complexity index is 385. The highest BCUT2D eigenvalue weighted by Crippen LogP contribution is 2.26. The van der Waals surface area contributed by atoms with E-state index < -0.39 is 5.97 Å². The Hall–Kier alpha value is -1.10. The predicted molar refractivity (Wildman–Crippen MR) is 66.4 cm³/mol. The molecular weight excluding hydrogens is 224 g/mol. The molecule has 0 bridgehead atoms. The minimum atomic E-state index is -0.906. The van der Waals surface area contributed by atoms with Crippen molar-refractivity contribution in [1.29, 1.82) is 0 Å². The largest absolute Gasteiger partial charge is 0.477 e. The van der Waals surface area contributed by atoms with E-state index in [4.69, 9.17) is 5.11 Å². The number of nitrogens with one attached hydrogen (secondary N) is 1. The van der Waals surface area contributed by atoms with E-state index in [1.165, 1.54) is 11.3 Å². The van der Waals surface area contributed by atoms with E-state index in [9.17, 15) is 4.79 Å². The van der Waals surface area contributed by atoms with Crippen molar-refractivity contribution >= 4 is 22.4 Å². The second-order valence-corrected chi connectivity index (χ2v) is 5.50. The van der Waals surface area contributed by atoms with Crippen LogP contribution in [0.5, 0.6) is 0 Å². The second-order valence-electron chi connectivity index (χ2n) is 4.50. The first-order chi connectivity index (χ1) is 7.35. The molecule has 0 saturated carbocycles. The Kier molecular flexibility index (Phi) is 3.91. The molecule has 90 valence electrons. The van der Waals surface area contributed by atoms with Gasteiger partial charge in [0.15, 0.2) is 5.13 Å². The van der Waals surface area contributed by atoms with Crippen LogP contribution in [0.3, 0.4) is 0 Å². The highest BCUT2D eigenvalue weighted by molar-refractivity contribution is 7.17. The maximum Gasteiger partial charge on any atom is 0.347 e. The van der Waals surface area contributed by atoms with Crippen LogP contribution in [-0.2, 0) is 0 Å². The average molecular weight is 242 g/mol. The van der Waals surface area contributed by atoms with Crippen LogP contribution < -0.4 is 5.32 Å². The highest BCUT2D eigenvalue weighted by Gasteiger charge is 2.20. The fourth-order valence-electron chi connectivity index (χ4n) is 1.63. The van der Waals surface area contributed by atoms with Gasteiger partial charge < -0.3 is 10.4 Å². The van der Waals surface area contributed by atoms with Gasteiger partial charge in [-0.25, -0.2) is 9.78 Å². The van der Waals surface area contributed by atoms with Crippen LogP contribution in [0.4, 0.5) is 5.13 Å². The van der Waals surface area contributed by atoms with Crippen molar-refractivity contribution in [2.45, 2.75) is 46.1 Å². The summed E-state index contributed by atoms with van der Waals surface area (Å²) in [5.41, 5.74) is 0.529. The third-order valence-corrected chi connectivity index (χ3v) is 3.37. The predicted octanol–water partition coefficient (Wildman–Crippen LogP) is 3.14. The normalized spacial score (nSPS) is 11.5. The minimum absolute atomic E-state index is 0.0468. The molecule has 1 heterocycles. The number of hydrogen-bond donors (Lipinski definition) is 2. The van der Waals surface area contributed by atoms with Gasteiger partial charge in [0.2, 0.25) is 0 Å². The van der Waals surface area contributed by atoms with E-state index in [-0.39, 0.29) is 5.54 Å². The summed E-state index contributed by atoms with van der Waals surface area (Å²) in [5, 5.41) is 12.9. The number of aromatic carboxylic acids is 1. The molecule has 0 fully saturated rings. The molecule has 5 heteroatoms. The van der Waals surface area contributed by atoms with Gasteiger partial charge in [-0.3, -0.25) is 0 Å². The summed E-state index contributed by atoms with van der Waals surface area (Å²) in [7, 11) is 0. The Morgan fingerprint density at radius 2 is 2.19 bits per heavy atom. The maximum absolute atomic E-state index is 10.9. The number of anilines is 1. The summed E-state index contributed by atoms with van der Waals surface area (Å²) < 4.78 is 0. The molecule has 1 aromatic rings. The molecule has 0 saturated heterocycles. The first-order valence-corrected chi connectivity index (χ1v) is 6.16. The van der Waals surface area contributed by atoms with Gasteiger partial charge in [0.25, 0.3) is 0 Å². The summed E-state index contributed by atoms with van der Waals surface area (Å²) in [4.78, 5) is 15.4. The number of carboxylic acids is 1. The fraction of sp³-hybridized carbons (Fsp3) is 0.636. The van der Waals surface area contributed by atoms with Crippen LogP contribution in [0.15, 0.2) is 0 Å². The highest BCUT2D eigenvalue weighted by atomic mass is 32.1. The summed E-state index contributed by atoms with van der Waals surface area (Å²) in [5.74, 6) is -0.906. The van der Waals surface area contributed by atoms with Crippen molar-refractivity contribution in [3.8, 4) is 0 Å². The Balaban J connectivity index is 2.82. The Morgan fingerprint density at radius 3 is 2.62 bits per heavy atom. The van der Waals surface area contributed by atoms with Crippen LogP contribution >= 0.6 is 11.3 Å². The average Bonchev–Trinajstić information content (AvgIpc) is 2.45. The van der Waals surface area contributed by atoms with Crippen LogP contribution in [-0.4, -0.2) is 21.6 Å². The quantitative estimate of drug-likeness (QED) is 0.832. The lowest BCUT2D eigenvalue weighted by Crippen LogP contribution is -2.30. The summed E-state index contributed by atoms with van der Waals surface area (Å²) >= 11 is 1.20. The zero-order valence-corrected chi connectivity index (χ0v) is 10.9. The minimum Gasteiger partial charge on any atom is -0.477 e. The molecule has 0 radical (unpaired) electrons. The molecule has 0 aliphatic heterocycles. The second kappa shape index (κ2) is 4.82. The molecule has 16 heavy (non-hydrogen) atoms. The van der Waals surface area contributed by atoms with Gasteiger partial charge in [0.05, 0.1) is 5.69 Å². The van der Waals surface area contributed by atoms with Crippen LogP contribution in [0.25, 0.3) is 0 Å². The number of thiazole rings is 1. The number of aromatic nitrogens is 1. The number of hydrogen-bond acceptors (Lipinski definition) is 4. The maximum atomic E-state index is 10.9. The topological polar surface area (TPSA) is 62.2 Å². The van der Waals surface area contributed by atoms with E-state index in [0.29, 0.717) is 15.7 Å². The number of nitrogens with zero attached hydrogens (tertiary/aromatic N) is 1. The van der Waals surface area contributed by atoms with Gasteiger partial charge in [-0.2, -0.15) is 0 Å². The molecule has 0 spiro atoms. The molecule has 0 atom stereocenters. The van der Waals surface area contributed by atoms with Gasteiger partial charge >= 0.3 is 5.97 Å². The number of rotatable bonds is 5. The summed E-state index contributed by atoms with van der Waals surface area (Å²) in [6.07, 6.45) is 2.10. The standard InChI is InChI=1S/C11H18N2O2S/c1-5-6-11(3,4)13-10-12-7(2)8(16-10)9(14)15/h5-6H2,1-4H3,(H,12,13)(H,14,15). The molecule has 1 rings (SSSR count). The zero-order valence-electron chi connectivity index (χ0n) is 10.1. The Labute approximate surface area is 99.7 Å². The summed E-state index contributed by atoms with van der Waals surface area (Å²) in [6, 6.07) is 0.